The molecule has 1 fully saturated rings. The number of carbonyl (C=O) groups excluding carboxylic acids is 2. The molecule has 0 unspecified atom stereocenters. The van der Waals surface area contributed by atoms with E-state index in [1.165, 1.54) is 7.11 Å². The summed E-state index contributed by atoms with van der Waals surface area (Å²) in [5, 5.41) is 5.73. The number of ether oxygens (including phenoxy) is 3. The number of methoxy groups -OCH3 is 2. The van der Waals surface area contributed by atoms with Crippen molar-refractivity contribution in [3.63, 3.8) is 0 Å². The molecule has 0 radical (unpaired) electrons. The van der Waals surface area contributed by atoms with Crippen LogP contribution < -0.4 is 20.1 Å². The van der Waals surface area contributed by atoms with E-state index in [-0.39, 0.29) is 11.8 Å². The van der Waals surface area contributed by atoms with Crippen LogP contribution in [-0.2, 0) is 4.74 Å². The number of nitrogens with one attached hydrogen (secondary N) is 2. The Morgan fingerprint density at radius 3 is 2.40 bits per heavy atom. The lowest BCUT2D eigenvalue weighted by Gasteiger charge is -2.26. The highest BCUT2D eigenvalue weighted by Gasteiger charge is 2.19. The molecule has 0 bridgehead atoms. The van der Waals surface area contributed by atoms with Crippen molar-refractivity contribution >= 4 is 17.5 Å². The van der Waals surface area contributed by atoms with Gasteiger partial charge in [0.2, 0.25) is 0 Å². The highest BCUT2D eigenvalue weighted by Crippen LogP contribution is 2.29. The largest absolute Gasteiger partial charge is 0.497 e. The molecule has 1 heterocycles. The van der Waals surface area contributed by atoms with Crippen molar-refractivity contribution in [3.8, 4) is 11.5 Å². The van der Waals surface area contributed by atoms with Crippen LogP contribution in [0.15, 0.2) is 42.5 Å². The van der Waals surface area contributed by atoms with E-state index >= 15 is 0 Å². The smallest absolute Gasteiger partial charge is 0.255 e. The first-order valence-corrected chi connectivity index (χ1v) is 9.83. The second-order valence-corrected chi connectivity index (χ2v) is 6.78. The molecule has 0 aromatic heterocycles. The first-order chi connectivity index (χ1) is 14.6. The van der Waals surface area contributed by atoms with E-state index in [2.05, 4.69) is 15.5 Å². The van der Waals surface area contributed by atoms with Gasteiger partial charge in [-0.25, -0.2) is 0 Å². The van der Waals surface area contributed by atoms with Gasteiger partial charge in [-0.2, -0.15) is 0 Å². The fourth-order valence-corrected chi connectivity index (χ4v) is 3.20. The molecule has 1 saturated heterocycles. The fraction of sp³-hybridized carbons (Fsp3) is 0.364. The lowest BCUT2D eigenvalue weighted by atomic mass is 10.1. The third kappa shape index (κ3) is 5.49. The van der Waals surface area contributed by atoms with Gasteiger partial charge in [-0.1, -0.05) is 6.07 Å². The van der Waals surface area contributed by atoms with Crippen molar-refractivity contribution < 1.29 is 23.8 Å². The molecule has 3 rings (SSSR count). The van der Waals surface area contributed by atoms with Gasteiger partial charge in [0.25, 0.3) is 11.8 Å². The van der Waals surface area contributed by atoms with Crippen molar-refractivity contribution in [2.75, 3.05) is 58.9 Å². The Balaban J connectivity index is 1.69. The van der Waals surface area contributed by atoms with Gasteiger partial charge < -0.3 is 24.8 Å². The van der Waals surface area contributed by atoms with Gasteiger partial charge in [0.1, 0.15) is 11.5 Å². The molecule has 1 aliphatic heterocycles. The van der Waals surface area contributed by atoms with Crippen LogP contribution in [0, 0.1) is 0 Å². The highest BCUT2D eigenvalue weighted by atomic mass is 16.5. The average molecular weight is 413 g/mol. The Morgan fingerprint density at radius 1 is 1.00 bits per heavy atom. The number of para-hydroxylation sites is 1. The van der Waals surface area contributed by atoms with Crippen LogP contribution in [0.2, 0.25) is 0 Å². The minimum Gasteiger partial charge on any atom is -0.497 e. The third-order valence-electron chi connectivity index (χ3n) is 4.90. The average Bonchev–Trinajstić information content (AvgIpc) is 2.79. The van der Waals surface area contributed by atoms with Crippen molar-refractivity contribution in [2.45, 2.75) is 0 Å². The van der Waals surface area contributed by atoms with Crippen molar-refractivity contribution in [1.82, 2.24) is 10.2 Å². The molecule has 0 aliphatic carbocycles. The zero-order valence-corrected chi connectivity index (χ0v) is 17.3. The summed E-state index contributed by atoms with van der Waals surface area (Å²) in [4.78, 5) is 27.8. The molecule has 30 heavy (non-hydrogen) atoms. The predicted octanol–water partition coefficient (Wildman–Crippen LogP) is 2.02. The molecule has 160 valence electrons. The number of amides is 2. The maximum absolute atomic E-state index is 12.8. The van der Waals surface area contributed by atoms with Crippen LogP contribution in [-0.4, -0.2) is 70.3 Å². The lowest BCUT2D eigenvalue weighted by Crippen LogP contribution is -2.41. The molecule has 2 aromatic carbocycles. The number of carbonyl (C=O) groups is 2. The van der Waals surface area contributed by atoms with Crippen LogP contribution in [0.25, 0.3) is 0 Å². The van der Waals surface area contributed by atoms with Gasteiger partial charge in [0.15, 0.2) is 0 Å². The van der Waals surface area contributed by atoms with E-state index < -0.39 is 0 Å². The Morgan fingerprint density at radius 2 is 1.73 bits per heavy atom. The van der Waals surface area contributed by atoms with Crippen LogP contribution >= 0.6 is 0 Å². The predicted molar refractivity (Wildman–Crippen MR) is 114 cm³/mol. The zero-order valence-electron chi connectivity index (χ0n) is 17.3. The Labute approximate surface area is 176 Å². The van der Waals surface area contributed by atoms with Gasteiger partial charge in [0.05, 0.1) is 38.7 Å². The van der Waals surface area contributed by atoms with E-state index in [1.54, 1.807) is 49.6 Å². The number of anilines is 1. The van der Waals surface area contributed by atoms with Crippen molar-refractivity contribution in [3.05, 3.63) is 53.6 Å². The molecule has 1 aliphatic rings. The summed E-state index contributed by atoms with van der Waals surface area (Å²) in [5.41, 5.74) is 1.13. The molecule has 8 heteroatoms. The Kier molecular flexibility index (Phi) is 7.64. The van der Waals surface area contributed by atoms with Crippen molar-refractivity contribution in [1.29, 1.82) is 0 Å². The summed E-state index contributed by atoms with van der Waals surface area (Å²) in [6.45, 7) is 4.39. The standard InChI is InChI=1S/C22H27N3O5/c1-28-17-8-6-16(7-9-17)21(26)24-20-18(4-3-5-19(20)29-2)22(27)23-10-11-25-12-14-30-15-13-25/h3-9H,10-15H2,1-2H3,(H,23,27)(H,24,26). The SMILES string of the molecule is COc1ccc(C(=O)Nc2c(OC)cccc2C(=O)NCCN2CCOCC2)cc1. The first-order valence-electron chi connectivity index (χ1n) is 9.83. The van der Waals surface area contributed by atoms with Gasteiger partial charge in [-0.15, -0.1) is 0 Å². The maximum Gasteiger partial charge on any atom is 0.255 e. The molecular formula is C22H27N3O5. The quantitative estimate of drug-likeness (QED) is 0.688. The Hall–Kier alpha value is -3.10. The lowest BCUT2D eigenvalue weighted by molar-refractivity contribution is 0.0383. The highest BCUT2D eigenvalue weighted by molar-refractivity contribution is 6.10. The van der Waals surface area contributed by atoms with Gasteiger partial charge in [-0.05, 0) is 36.4 Å². The molecule has 2 amide bonds. The number of nitrogens with zero attached hydrogens (tertiary/aromatic N) is 1. The third-order valence-corrected chi connectivity index (χ3v) is 4.90. The fourth-order valence-electron chi connectivity index (χ4n) is 3.20. The Bertz CT molecular complexity index is 864. The monoisotopic (exact) mass is 413 g/mol. The van der Waals surface area contributed by atoms with Crippen molar-refractivity contribution in [2.24, 2.45) is 0 Å². The second kappa shape index (κ2) is 10.6. The second-order valence-electron chi connectivity index (χ2n) is 6.78. The van der Waals surface area contributed by atoms with Crippen LogP contribution in [0.4, 0.5) is 5.69 Å². The van der Waals surface area contributed by atoms with Gasteiger partial charge in [0, 0.05) is 31.7 Å². The van der Waals surface area contributed by atoms with E-state index in [1.807, 2.05) is 0 Å². The molecule has 2 N–H and O–H groups in total. The summed E-state index contributed by atoms with van der Waals surface area (Å²) in [6.07, 6.45) is 0. The number of hydrogen-bond acceptors (Lipinski definition) is 6. The molecule has 0 atom stereocenters. The topological polar surface area (TPSA) is 89.1 Å². The summed E-state index contributed by atoms with van der Waals surface area (Å²) in [6, 6.07) is 11.8. The minimum absolute atomic E-state index is 0.271. The normalized spacial score (nSPS) is 14.1. The summed E-state index contributed by atoms with van der Waals surface area (Å²) >= 11 is 0. The van der Waals surface area contributed by atoms with Crippen LogP contribution in [0.3, 0.4) is 0 Å². The number of benzene rings is 2. The molecule has 8 nitrogen and oxygen atoms in total. The number of hydrogen-bond donors (Lipinski definition) is 2. The number of morpholine rings is 1. The van der Waals surface area contributed by atoms with Crippen LogP contribution in [0.5, 0.6) is 11.5 Å². The summed E-state index contributed by atoms with van der Waals surface area (Å²) < 4.78 is 15.8. The van der Waals surface area contributed by atoms with E-state index in [0.717, 1.165) is 19.6 Å². The van der Waals surface area contributed by atoms with E-state index in [9.17, 15) is 9.59 Å². The first kappa shape index (κ1) is 21.6. The van der Waals surface area contributed by atoms with E-state index in [0.29, 0.717) is 48.1 Å². The summed E-state index contributed by atoms with van der Waals surface area (Å²) in [5.74, 6) is 0.457. The van der Waals surface area contributed by atoms with Crippen LogP contribution in [0.1, 0.15) is 20.7 Å². The zero-order chi connectivity index (χ0) is 21.3. The van der Waals surface area contributed by atoms with E-state index in [4.69, 9.17) is 14.2 Å². The molecule has 2 aromatic rings. The number of rotatable bonds is 8. The molecule has 0 saturated carbocycles. The molecular weight excluding hydrogens is 386 g/mol. The molecule has 0 spiro atoms. The van der Waals surface area contributed by atoms with Gasteiger partial charge >= 0.3 is 0 Å². The maximum atomic E-state index is 12.8. The minimum atomic E-state index is -0.343. The summed E-state index contributed by atoms with van der Waals surface area (Å²) in [7, 11) is 3.06. The van der Waals surface area contributed by atoms with Gasteiger partial charge in [-0.3, -0.25) is 14.5 Å².